The van der Waals surface area contributed by atoms with Gasteiger partial charge in [0.05, 0.1) is 9.85 Å². The van der Waals surface area contributed by atoms with Crippen LogP contribution in [0, 0.1) is 32.1 Å². The van der Waals surface area contributed by atoms with Gasteiger partial charge >= 0.3 is 47.6 Å². The van der Waals surface area contributed by atoms with Crippen molar-refractivity contribution in [2.24, 2.45) is 11.8 Å². The smallest absolute Gasteiger partial charge is 0.408 e. The van der Waals surface area contributed by atoms with E-state index in [1.807, 2.05) is 0 Å². The number of nitrogens with one attached hydrogen (secondary N) is 6. The van der Waals surface area contributed by atoms with Crippen LogP contribution in [0.4, 0.5) is 41.9 Å². The third-order valence-corrected chi connectivity index (χ3v) is 18.7. The molecule has 0 aliphatic rings. The first kappa shape index (κ1) is 84.4. The second-order valence-corrected chi connectivity index (χ2v) is 29.7. The molecule has 2 aromatic carbocycles. The number of pyridine rings is 2. The van der Waals surface area contributed by atoms with Gasteiger partial charge in [0.25, 0.3) is 0 Å². The van der Waals surface area contributed by atoms with Gasteiger partial charge in [0.1, 0.15) is 48.1 Å². The van der Waals surface area contributed by atoms with Crippen molar-refractivity contribution in [1.29, 1.82) is 0 Å². The molecular formula is C67H86N10O20S4. The molecule has 4 unspecified atom stereocenters. The number of nitro groups is 2. The SMILES string of the molecule is CC(=O)OCc1ccc(NC(=O)NC(=O)C(CCCCCC(=O)C(CSSc2ncccc2[N+](=O)[O-])NC(=O)OC(C)(C)C)CC(=O)CCCC(=O)CC(CCCCCC(=O)C(CSSc2ncccc2[N+](=O)[O-])NC(=O)OC(C)(C)C)C(=O)NC(=O)Nc2ccc(COC(C)=O)cc2)cc1. The first-order chi connectivity index (χ1) is 47.7. The van der Waals surface area contributed by atoms with Crippen molar-refractivity contribution in [3.63, 3.8) is 0 Å². The third kappa shape index (κ3) is 35.2. The summed E-state index contributed by atoms with van der Waals surface area (Å²) in [5.41, 5.74) is -0.439. The Bertz CT molecular complexity index is 3310. The summed E-state index contributed by atoms with van der Waals surface area (Å²) in [5, 5.41) is 38.2. The Hall–Kier alpha value is -9.02. The average Bonchev–Trinajstić information content (AvgIpc) is 0.891. The Morgan fingerprint density at radius 2 is 0.861 bits per heavy atom. The molecule has 0 spiro atoms. The number of ketones is 4. The molecule has 30 nitrogen and oxygen atoms in total. The van der Waals surface area contributed by atoms with Gasteiger partial charge in [-0.25, -0.2) is 29.1 Å². The molecule has 0 saturated carbocycles. The molecule has 4 aromatic rings. The summed E-state index contributed by atoms with van der Waals surface area (Å²) in [6.45, 7) is 12.4. The highest BCUT2D eigenvalue weighted by molar-refractivity contribution is 8.77. The van der Waals surface area contributed by atoms with E-state index >= 15 is 0 Å². The number of carbonyl (C=O) groups excluding carboxylic acids is 12. The molecule has 0 aliphatic carbocycles. The van der Waals surface area contributed by atoms with Crippen LogP contribution in [-0.2, 0) is 70.5 Å². The molecule has 2 aromatic heterocycles. The van der Waals surface area contributed by atoms with Crippen LogP contribution in [0.25, 0.3) is 0 Å². The van der Waals surface area contributed by atoms with Gasteiger partial charge in [0.2, 0.25) is 11.8 Å². The van der Waals surface area contributed by atoms with Gasteiger partial charge in [-0.15, -0.1) is 0 Å². The molecular weight excluding hydrogens is 1390 g/mol. The van der Waals surface area contributed by atoms with Gasteiger partial charge in [-0.1, -0.05) is 71.5 Å². The number of alkyl carbamates (subject to hydrolysis) is 2. The van der Waals surface area contributed by atoms with Gasteiger partial charge in [-0.05, 0) is 143 Å². The minimum absolute atomic E-state index is 0.00543. The number of hydrogen-bond donors (Lipinski definition) is 6. The van der Waals surface area contributed by atoms with Gasteiger partial charge in [-0.3, -0.25) is 69.2 Å². The van der Waals surface area contributed by atoms with E-state index in [4.69, 9.17) is 18.9 Å². The van der Waals surface area contributed by atoms with Crippen LogP contribution in [0.2, 0.25) is 0 Å². The summed E-state index contributed by atoms with van der Waals surface area (Å²) in [6, 6.07) is 14.0. The van der Waals surface area contributed by atoms with E-state index in [2.05, 4.69) is 41.9 Å². The number of imide groups is 2. The molecule has 4 atom stereocenters. The average molecular weight is 1480 g/mol. The van der Waals surface area contributed by atoms with Crippen LogP contribution in [0.1, 0.15) is 163 Å². The van der Waals surface area contributed by atoms with Crippen LogP contribution >= 0.6 is 43.2 Å². The number of urea groups is 2. The number of Topliss-reactive ketones (excluding diaryl/α,β-unsaturated/α-hetero) is 4. The molecule has 0 radical (unpaired) electrons. The molecule has 0 saturated heterocycles. The lowest BCUT2D eigenvalue weighted by Gasteiger charge is -2.23. The Kier molecular flexibility index (Phi) is 36.4. The maximum Gasteiger partial charge on any atom is 0.408 e. The fraction of sp³-hybridized carbons (Fsp3) is 0.493. The monoisotopic (exact) mass is 1480 g/mol. The topological polar surface area (TPSA) is 426 Å². The number of amides is 8. The standard InChI is InChI=1S/C67H86N10O20S4/c1-42(78)94-38-44-26-30-48(31-27-44)70-62(86)74-58(84)46(18-11-9-13-24-56(82)52(72-64(88)96-66(3,4)5)40-98-100-60-54(76(90)91)22-16-34-68-60)36-50(80)20-15-21-51(81)37-47(59(85)75-63(87)71-49-32-28-45(29-33-49)39-95-43(2)79)19-12-10-14-25-57(83)53(73-65(89)97-67(6,7)8)41-99-101-61-55(77(92)93)23-17-35-69-61/h16-17,22-23,26-35,46-47,52-53H,9-15,18-21,24-25,36-41H2,1-8H3,(H,72,88)(H,73,89)(H2,70,74,84,86)(H2,71,75,85,87). The summed E-state index contributed by atoms with van der Waals surface area (Å²) in [5.74, 6) is -6.34. The number of esters is 2. The van der Waals surface area contributed by atoms with E-state index in [9.17, 15) is 77.8 Å². The number of ether oxygens (including phenoxy) is 4. The third-order valence-electron chi connectivity index (χ3n) is 14.1. The second-order valence-electron chi connectivity index (χ2n) is 25.0. The van der Waals surface area contributed by atoms with Crippen LogP contribution in [0.5, 0.6) is 0 Å². The van der Waals surface area contributed by atoms with E-state index in [1.54, 1.807) is 65.8 Å². The number of unbranched alkanes of at least 4 members (excludes halogenated alkanes) is 4. The van der Waals surface area contributed by atoms with Gasteiger partial charge < -0.3 is 40.2 Å². The molecule has 6 N–H and O–H groups in total. The molecule has 8 amide bonds. The number of aromatic nitrogens is 2. The van der Waals surface area contributed by atoms with E-state index in [-0.39, 0.29) is 153 Å². The second kappa shape index (κ2) is 43.6. The number of anilines is 2. The lowest BCUT2D eigenvalue weighted by Crippen LogP contribution is -2.44. The minimum Gasteiger partial charge on any atom is -0.461 e. The summed E-state index contributed by atoms with van der Waals surface area (Å²) < 4.78 is 20.8. The van der Waals surface area contributed by atoms with Crippen molar-refractivity contribution in [2.45, 2.75) is 198 Å². The normalized spacial score (nSPS) is 12.4. The zero-order chi connectivity index (χ0) is 74.7. The maximum absolute atomic E-state index is 13.9. The van der Waals surface area contributed by atoms with Crippen LogP contribution in [0.3, 0.4) is 0 Å². The van der Waals surface area contributed by atoms with Crippen molar-refractivity contribution in [3.8, 4) is 0 Å². The number of rotatable bonds is 42. The highest BCUT2D eigenvalue weighted by atomic mass is 33.1. The highest BCUT2D eigenvalue weighted by Crippen LogP contribution is 2.37. The molecule has 0 bridgehead atoms. The maximum atomic E-state index is 13.9. The lowest BCUT2D eigenvalue weighted by atomic mass is 9.91. The fourth-order valence-corrected chi connectivity index (χ4v) is 13.8. The Labute approximate surface area is 600 Å². The number of nitrogens with zero attached hydrogens (tertiary/aromatic N) is 4. The molecule has 0 fully saturated rings. The molecule has 34 heteroatoms. The van der Waals surface area contributed by atoms with Crippen molar-refractivity contribution >= 4 is 137 Å². The molecule has 0 aliphatic heterocycles. The van der Waals surface area contributed by atoms with E-state index in [0.717, 1.165) is 43.2 Å². The van der Waals surface area contributed by atoms with Crippen molar-refractivity contribution in [2.75, 3.05) is 22.1 Å². The largest absolute Gasteiger partial charge is 0.461 e. The Balaban J connectivity index is 1.43. The summed E-state index contributed by atoms with van der Waals surface area (Å²) in [4.78, 5) is 188. The number of carbonyl (C=O) groups is 12. The van der Waals surface area contributed by atoms with Crippen molar-refractivity contribution in [3.05, 3.63) is 117 Å². The van der Waals surface area contributed by atoms with Gasteiger partial charge in [-0.2, -0.15) is 0 Å². The first-order valence-corrected chi connectivity index (χ1v) is 36.9. The summed E-state index contributed by atoms with van der Waals surface area (Å²) in [6.07, 6.45) is 1.83. The van der Waals surface area contributed by atoms with Gasteiger partial charge in [0, 0.05) is 112 Å². The fourth-order valence-electron chi connectivity index (χ4n) is 9.28. The summed E-state index contributed by atoms with van der Waals surface area (Å²) in [7, 11) is 4.06. The zero-order valence-electron chi connectivity index (χ0n) is 57.4. The Morgan fingerprint density at radius 1 is 0.495 bits per heavy atom. The molecule has 101 heavy (non-hydrogen) atoms. The molecule has 4 rings (SSSR count). The highest BCUT2D eigenvalue weighted by Gasteiger charge is 2.30. The predicted molar refractivity (Wildman–Crippen MR) is 379 cm³/mol. The van der Waals surface area contributed by atoms with E-state index in [1.165, 1.54) is 74.8 Å². The number of benzene rings is 2. The summed E-state index contributed by atoms with van der Waals surface area (Å²) >= 11 is 0. The quantitative estimate of drug-likeness (QED) is 0.00599. The van der Waals surface area contributed by atoms with Crippen LogP contribution < -0.4 is 31.9 Å². The van der Waals surface area contributed by atoms with E-state index < -0.39 is 105 Å². The van der Waals surface area contributed by atoms with Crippen LogP contribution in [-0.4, -0.2) is 126 Å². The Morgan fingerprint density at radius 3 is 1.20 bits per heavy atom. The number of hydrogen-bond acceptors (Lipinski definition) is 26. The first-order valence-electron chi connectivity index (χ1n) is 32.3. The lowest BCUT2D eigenvalue weighted by molar-refractivity contribution is -0.388. The minimum atomic E-state index is -1.08. The van der Waals surface area contributed by atoms with Crippen molar-refractivity contribution < 1.29 is 86.3 Å². The van der Waals surface area contributed by atoms with Crippen molar-refractivity contribution in [1.82, 2.24) is 31.2 Å². The predicted octanol–water partition coefficient (Wildman–Crippen LogP) is 12.4. The molecule has 2 heterocycles. The van der Waals surface area contributed by atoms with Crippen LogP contribution in [0.15, 0.2) is 95.2 Å². The zero-order valence-corrected chi connectivity index (χ0v) is 60.7. The molecule has 548 valence electrons. The van der Waals surface area contributed by atoms with Gasteiger partial charge in [0.15, 0.2) is 21.6 Å². The van der Waals surface area contributed by atoms with E-state index in [0.29, 0.717) is 24.0 Å².